The molecule has 0 aliphatic heterocycles. The van der Waals surface area contributed by atoms with Crippen LogP contribution in [0.2, 0.25) is 0 Å². The molecule has 0 fully saturated rings. The van der Waals surface area contributed by atoms with Crippen molar-refractivity contribution in [2.45, 2.75) is 24.3 Å². The third kappa shape index (κ3) is 3.31. The standard InChI is InChI=1S/C17H17N3OS/c1-11-8-9-14-15(10-11)20-17(19-14)22-12(2)16(21)18-13-6-4-3-5-7-13/h3-10,12H,1-2H3,(H,18,21)(H,19,20). The molecule has 0 bridgehead atoms. The highest BCUT2D eigenvalue weighted by molar-refractivity contribution is 8.00. The zero-order valence-electron chi connectivity index (χ0n) is 12.5. The van der Waals surface area contributed by atoms with Gasteiger partial charge in [-0.05, 0) is 43.7 Å². The summed E-state index contributed by atoms with van der Waals surface area (Å²) in [5.74, 6) is -0.0344. The van der Waals surface area contributed by atoms with E-state index >= 15 is 0 Å². The molecular formula is C17H17N3OS. The van der Waals surface area contributed by atoms with Crippen molar-refractivity contribution < 1.29 is 4.79 Å². The van der Waals surface area contributed by atoms with Crippen molar-refractivity contribution in [2.24, 2.45) is 0 Å². The minimum Gasteiger partial charge on any atom is -0.333 e. The lowest BCUT2D eigenvalue weighted by molar-refractivity contribution is -0.115. The molecule has 22 heavy (non-hydrogen) atoms. The monoisotopic (exact) mass is 311 g/mol. The molecule has 112 valence electrons. The second kappa shape index (κ2) is 6.23. The second-order valence-corrected chi connectivity index (χ2v) is 6.51. The first-order chi connectivity index (χ1) is 10.6. The minimum absolute atomic E-state index is 0.0344. The number of nitrogens with one attached hydrogen (secondary N) is 2. The number of anilines is 1. The molecule has 0 aliphatic rings. The zero-order chi connectivity index (χ0) is 15.5. The number of hydrogen-bond donors (Lipinski definition) is 2. The van der Waals surface area contributed by atoms with Gasteiger partial charge >= 0.3 is 0 Å². The number of fused-ring (bicyclic) bond motifs is 1. The molecule has 2 N–H and O–H groups in total. The van der Waals surface area contributed by atoms with Gasteiger partial charge in [-0.25, -0.2) is 4.98 Å². The Morgan fingerprint density at radius 3 is 2.77 bits per heavy atom. The van der Waals surface area contributed by atoms with Crippen LogP contribution >= 0.6 is 11.8 Å². The number of carbonyl (C=O) groups is 1. The Balaban J connectivity index is 1.69. The van der Waals surface area contributed by atoms with E-state index in [1.165, 1.54) is 17.3 Å². The summed E-state index contributed by atoms with van der Waals surface area (Å²) in [5.41, 5.74) is 3.91. The Kier molecular flexibility index (Phi) is 4.15. The van der Waals surface area contributed by atoms with Crippen LogP contribution in [0.5, 0.6) is 0 Å². The van der Waals surface area contributed by atoms with E-state index in [-0.39, 0.29) is 11.2 Å². The molecule has 0 aliphatic carbocycles. The lowest BCUT2D eigenvalue weighted by Gasteiger charge is -2.10. The summed E-state index contributed by atoms with van der Waals surface area (Å²) in [4.78, 5) is 20.0. The van der Waals surface area contributed by atoms with Crippen molar-refractivity contribution in [1.82, 2.24) is 9.97 Å². The number of carbonyl (C=O) groups excluding carboxylic acids is 1. The molecule has 1 amide bonds. The summed E-state index contributed by atoms with van der Waals surface area (Å²) in [5, 5.41) is 3.43. The maximum Gasteiger partial charge on any atom is 0.237 e. The van der Waals surface area contributed by atoms with E-state index in [0.717, 1.165) is 21.9 Å². The minimum atomic E-state index is -0.234. The number of para-hydroxylation sites is 1. The Hall–Kier alpha value is -2.27. The Morgan fingerprint density at radius 2 is 2.00 bits per heavy atom. The number of aryl methyl sites for hydroxylation is 1. The van der Waals surface area contributed by atoms with Gasteiger partial charge in [0.15, 0.2) is 5.16 Å². The molecule has 5 heteroatoms. The van der Waals surface area contributed by atoms with Gasteiger partial charge in [-0.2, -0.15) is 0 Å². The van der Waals surface area contributed by atoms with Gasteiger partial charge in [0.2, 0.25) is 5.91 Å². The maximum absolute atomic E-state index is 12.2. The molecule has 1 atom stereocenters. The van der Waals surface area contributed by atoms with Crippen LogP contribution in [-0.4, -0.2) is 21.1 Å². The summed E-state index contributed by atoms with van der Waals surface area (Å²) in [6, 6.07) is 15.5. The fourth-order valence-corrected chi connectivity index (χ4v) is 2.96. The SMILES string of the molecule is Cc1ccc2nc(SC(C)C(=O)Nc3ccccc3)[nH]c2c1. The van der Waals surface area contributed by atoms with E-state index in [1.807, 2.05) is 56.3 Å². The van der Waals surface area contributed by atoms with Crippen molar-refractivity contribution in [3.8, 4) is 0 Å². The van der Waals surface area contributed by atoms with Gasteiger partial charge in [0.1, 0.15) is 0 Å². The van der Waals surface area contributed by atoms with Crippen LogP contribution in [0.3, 0.4) is 0 Å². The summed E-state index contributed by atoms with van der Waals surface area (Å²) in [7, 11) is 0. The third-order valence-corrected chi connectivity index (χ3v) is 4.30. The number of aromatic nitrogens is 2. The van der Waals surface area contributed by atoms with Gasteiger partial charge in [0.05, 0.1) is 16.3 Å². The Bertz CT molecular complexity index is 798. The van der Waals surface area contributed by atoms with E-state index in [2.05, 4.69) is 21.4 Å². The zero-order valence-corrected chi connectivity index (χ0v) is 13.3. The topological polar surface area (TPSA) is 57.8 Å². The number of aromatic amines is 1. The van der Waals surface area contributed by atoms with Crippen LogP contribution in [-0.2, 0) is 4.79 Å². The first-order valence-corrected chi connectivity index (χ1v) is 7.99. The number of amides is 1. The predicted molar refractivity (Wildman–Crippen MR) is 91.2 cm³/mol. The number of nitrogens with zero attached hydrogens (tertiary/aromatic N) is 1. The van der Waals surface area contributed by atoms with Crippen LogP contribution < -0.4 is 5.32 Å². The molecule has 0 radical (unpaired) electrons. The van der Waals surface area contributed by atoms with Gasteiger partial charge in [-0.15, -0.1) is 0 Å². The number of imidazole rings is 1. The Labute approximate surface area is 133 Å². The fraction of sp³-hybridized carbons (Fsp3) is 0.176. The van der Waals surface area contributed by atoms with E-state index in [4.69, 9.17) is 0 Å². The molecule has 0 spiro atoms. The summed E-state index contributed by atoms with van der Waals surface area (Å²) >= 11 is 1.42. The van der Waals surface area contributed by atoms with E-state index < -0.39 is 0 Å². The highest BCUT2D eigenvalue weighted by Gasteiger charge is 2.16. The molecule has 2 aromatic carbocycles. The van der Waals surface area contributed by atoms with Gasteiger partial charge in [-0.1, -0.05) is 36.0 Å². The smallest absolute Gasteiger partial charge is 0.237 e. The second-order valence-electron chi connectivity index (χ2n) is 5.18. The Morgan fingerprint density at radius 1 is 1.23 bits per heavy atom. The van der Waals surface area contributed by atoms with Crippen molar-refractivity contribution in [2.75, 3.05) is 5.32 Å². The molecule has 1 heterocycles. The normalized spacial score (nSPS) is 12.3. The number of rotatable bonds is 4. The molecule has 3 rings (SSSR count). The molecular weight excluding hydrogens is 294 g/mol. The summed E-state index contributed by atoms with van der Waals surface area (Å²) in [6.45, 7) is 3.92. The average Bonchev–Trinajstić information content (AvgIpc) is 2.89. The van der Waals surface area contributed by atoms with E-state index in [0.29, 0.717) is 0 Å². The fourth-order valence-electron chi connectivity index (χ4n) is 2.14. The largest absolute Gasteiger partial charge is 0.333 e. The van der Waals surface area contributed by atoms with Crippen molar-refractivity contribution in [1.29, 1.82) is 0 Å². The van der Waals surface area contributed by atoms with E-state index in [9.17, 15) is 4.79 Å². The maximum atomic E-state index is 12.2. The average molecular weight is 311 g/mol. The lowest BCUT2D eigenvalue weighted by atomic mass is 10.2. The number of thioether (sulfide) groups is 1. The molecule has 1 unspecified atom stereocenters. The lowest BCUT2D eigenvalue weighted by Crippen LogP contribution is -2.22. The quantitative estimate of drug-likeness (QED) is 0.716. The van der Waals surface area contributed by atoms with Crippen LogP contribution in [0.25, 0.3) is 11.0 Å². The number of hydrogen-bond acceptors (Lipinski definition) is 3. The first kappa shape index (κ1) is 14.7. The van der Waals surface area contributed by atoms with Gasteiger partial charge in [0, 0.05) is 5.69 Å². The van der Waals surface area contributed by atoms with Crippen LogP contribution in [0, 0.1) is 6.92 Å². The molecule has 0 saturated carbocycles. The summed E-state index contributed by atoms with van der Waals surface area (Å²) in [6.07, 6.45) is 0. The highest BCUT2D eigenvalue weighted by atomic mass is 32.2. The van der Waals surface area contributed by atoms with Gasteiger partial charge < -0.3 is 10.3 Å². The molecule has 0 saturated heterocycles. The van der Waals surface area contributed by atoms with Crippen LogP contribution in [0.4, 0.5) is 5.69 Å². The molecule has 4 nitrogen and oxygen atoms in total. The van der Waals surface area contributed by atoms with Crippen LogP contribution in [0.1, 0.15) is 12.5 Å². The van der Waals surface area contributed by atoms with Crippen molar-refractivity contribution >= 4 is 34.4 Å². The molecule has 3 aromatic rings. The van der Waals surface area contributed by atoms with Gasteiger partial charge in [-0.3, -0.25) is 4.79 Å². The summed E-state index contributed by atoms with van der Waals surface area (Å²) < 4.78 is 0. The number of H-pyrrole nitrogens is 1. The third-order valence-electron chi connectivity index (χ3n) is 3.31. The van der Waals surface area contributed by atoms with E-state index in [1.54, 1.807) is 0 Å². The molecule has 1 aromatic heterocycles. The van der Waals surface area contributed by atoms with Gasteiger partial charge in [0.25, 0.3) is 0 Å². The van der Waals surface area contributed by atoms with Crippen molar-refractivity contribution in [3.63, 3.8) is 0 Å². The first-order valence-electron chi connectivity index (χ1n) is 7.11. The van der Waals surface area contributed by atoms with Crippen molar-refractivity contribution in [3.05, 3.63) is 54.1 Å². The van der Waals surface area contributed by atoms with Crippen LogP contribution in [0.15, 0.2) is 53.7 Å². The highest BCUT2D eigenvalue weighted by Crippen LogP contribution is 2.24. The predicted octanol–water partition coefficient (Wildman–Crippen LogP) is 3.99. The number of benzene rings is 2.